The quantitative estimate of drug-likeness (QED) is 0.222. The Labute approximate surface area is 226 Å². The summed E-state index contributed by atoms with van der Waals surface area (Å²) in [4.78, 5) is 0. The zero-order valence-electron chi connectivity index (χ0n) is 21.3. The van der Waals surface area contributed by atoms with E-state index in [0.29, 0.717) is 0 Å². The van der Waals surface area contributed by atoms with Gasteiger partial charge in [0.25, 0.3) is 0 Å². The monoisotopic (exact) mass is 496 g/mol. The second-order valence-electron chi connectivity index (χ2n) is 10.0. The molecule has 0 amide bonds. The molecule has 0 unspecified atom stereocenters. The minimum absolute atomic E-state index is 0.905. The van der Waals surface area contributed by atoms with Crippen molar-refractivity contribution < 1.29 is 4.42 Å². The number of hydrogen-bond donors (Lipinski definition) is 0. The molecule has 7 aromatic carbocycles. The summed E-state index contributed by atoms with van der Waals surface area (Å²) in [5.41, 5.74) is 6.82. The van der Waals surface area contributed by atoms with E-state index in [1.165, 1.54) is 43.4 Å². The lowest BCUT2D eigenvalue weighted by Gasteiger charge is -2.17. The summed E-state index contributed by atoms with van der Waals surface area (Å²) in [6.45, 7) is 0. The Morgan fingerprint density at radius 1 is 0.333 bits per heavy atom. The molecule has 0 aliphatic carbocycles. The van der Waals surface area contributed by atoms with Crippen LogP contribution in [0.25, 0.3) is 76.9 Å². The van der Waals surface area contributed by atoms with Crippen LogP contribution in [-0.4, -0.2) is 0 Å². The Morgan fingerprint density at radius 3 is 1.38 bits per heavy atom. The van der Waals surface area contributed by atoms with Gasteiger partial charge in [0.1, 0.15) is 11.3 Å². The van der Waals surface area contributed by atoms with Crippen molar-refractivity contribution in [2.45, 2.75) is 0 Å². The summed E-state index contributed by atoms with van der Waals surface area (Å²) < 4.78 is 6.91. The van der Waals surface area contributed by atoms with Gasteiger partial charge >= 0.3 is 0 Å². The summed E-state index contributed by atoms with van der Waals surface area (Å²) in [5.74, 6) is 0.916. The standard InChI is InChI=1S/C38H24O/c1-3-14-26(15-4-1)34-29-19-9-11-21-31(29)36(32-22-12-10-20-30(32)34)38-35(27-16-5-2-6-17-27)37-28-18-8-7-13-25(28)23-24-33(37)39-38/h1-24H. The van der Waals surface area contributed by atoms with Crippen LogP contribution in [0.2, 0.25) is 0 Å². The average Bonchev–Trinajstić information content (AvgIpc) is 3.40. The Balaban J connectivity index is 1.59. The predicted octanol–water partition coefficient (Wildman–Crippen LogP) is 10.9. The molecule has 8 rings (SSSR count). The van der Waals surface area contributed by atoms with E-state index in [0.717, 1.165) is 33.4 Å². The molecule has 0 saturated heterocycles. The topological polar surface area (TPSA) is 13.1 Å². The van der Waals surface area contributed by atoms with Crippen molar-refractivity contribution in [1.29, 1.82) is 0 Å². The number of furan rings is 1. The van der Waals surface area contributed by atoms with Gasteiger partial charge in [0.15, 0.2) is 0 Å². The maximum atomic E-state index is 6.91. The van der Waals surface area contributed by atoms with Gasteiger partial charge in [-0.3, -0.25) is 0 Å². The van der Waals surface area contributed by atoms with E-state index in [-0.39, 0.29) is 0 Å². The molecule has 0 bridgehead atoms. The number of fused-ring (bicyclic) bond motifs is 5. The van der Waals surface area contributed by atoms with E-state index in [4.69, 9.17) is 4.42 Å². The molecule has 8 aromatic rings. The zero-order chi connectivity index (χ0) is 25.8. The first-order valence-corrected chi connectivity index (χ1v) is 13.4. The lowest BCUT2D eigenvalue weighted by Crippen LogP contribution is -1.91. The van der Waals surface area contributed by atoms with E-state index in [2.05, 4.69) is 146 Å². The van der Waals surface area contributed by atoms with Gasteiger partial charge in [-0.1, -0.05) is 140 Å². The molecule has 0 saturated carbocycles. The maximum Gasteiger partial charge on any atom is 0.144 e. The number of rotatable bonds is 3. The second-order valence-corrected chi connectivity index (χ2v) is 10.0. The molecule has 0 aliphatic heterocycles. The highest BCUT2D eigenvalue weighted by Gasteiger charge is 2.24. The fourth-order valence-corrected chi connectivity index (χ4v) is 6.21. The Bertz CT molecular complexity index is 2090. The first kappa shape index (κ1) is 21.9. The molecule has 0 fully saturated rings. The normalized spacial score (nSPS) is 11.6. The fraction of sp³-hybridized carbons (Fsp3) is 0. The third kappa shape index (κ3) is 3.34. The van der Waals surface area contributed by atoms with Gasteiger partial charge in [-0.25, -0.2) is 0 Å². The lowest BCUT2D eigenvalue weighted by molar-refractivity contribution is 0.634. The van der Waals surface area contributed by atoms with Gasteiger partial charge in [-0.15, -0.1) is 0 Å². The van der Waals surface area contributed by atoms with E-state index in [1.807, 2.05) is 0 Å². The van der Waals surface area contributed by atoms with Crippen molar-refractivity contribution in [3.63, 3.8) is 0 Å². The fourth-order valence-electron chi connectivity index (χ4n) is 6.21. The van der Waals surface area contributed by atoms with Crippen molar-refractivity contribution in [1.82, 2.24) is 0 Å². The minimum Gasteiger partial charge on any atom is -0.455 e. The molecule has 1 nitrogen and oxygen atoms in total. The van der Waals surface area contributed by atoms with Gasteiger partial charge in [0.05, 0.1) is 0 Å². The second kappa shape index (κ2) is 8.72. The lowest BCUT2D eigenvalue weighted by atomic mass is 9.86. The van der Waals surface area contributed by atoms with E-state index in [9.17, 15) is 0 Å². The van der Waals surface area contributed by atoms with Crippen LogP contribution in [0.15, 0.2) is 150 Å². The Kier molecular flexibility index (Phi) is 4.89. The molecule has 1 heteroatoms. The Morgan fingerprint density at radius 2 is 0.795 bits per heavy atom. The maximum absolute atomic E-state index is 6.91. The first-order chi connectivity index (χ1) is 19.4. The molecule has 0 radical (unpaired) electrons. The number of benzene rings is 7. The molecular weight excluding hydrogens is 472 g/mol. The van der Waals surface area contributed by atoms with Crippen molar-refractivity contribution in [3.05, 3.63) is 146 Å². The third-order valence-electron chi connectivity index (χ3n) is 7.86. The predicted molar refractivity (Wildman–Crippen MR) is 165 cm³/mol. The van der Waals surface area contributed by atoms with Crippen LogP contribution in [0.1, 0.15) is 0 Å². The van der Waals surface area contributed by atoms with Crippen LogP contribution in [0.4, 0.5) is 0 Å². The summed E-state index contributed by atoms with van der Waals surface area (Å²) in [6, 6.07) is 51.8. The van der Waals surface area contributed by atoms with E-state index in [1.54, 1.807) is 0 Å². The van der Waals surface area contributed by atoms with Crippen LogP contribution in [0, 0.1) is 0 Å². The summed E-state index contributed by atoms with van der Waals surface area (Å²) in [5, 5.41) is 8.41. The summed E-state index contributed by atoms with van der Waals surface area (Å²) in [7, 11) is 0. The first-order valence-electron chi connectivity index (χ1n) is 13.4. The number of hydrogen-bond acceptors (Lipinski definition) is 1. The van der Waals surface area contributed by atoms with Gasteiger partial charge in [-0.05, 0) is 55.1 Å². The van der Waals surface area contributed by atoms with E-state index < -0.39 is 0 Å². The van der Waals surface area contributed by atoms with Crippen molar-refractivity contribution in [3.8, 4) is 33.6 Å². The van der Waals surface area contributed by atoms with Crippen LogP contribution in [0.3, 0.4) is 0 Å². The zero-order valence-corrected chi connectivity index (χ0v) is 21.3. The molecular formula is C38H24O. The van der Waals surface area contributed by atoms with Gasteiger partial charge in [0, 0.05) is 16.5 Å². The van der Waals surface area contributed by atoms with Crippen molar-refractivity contribution in [2.75, 3.05) is 0 Å². The molecule has 1 heterocycles. The molecule has 0 N–H and O–H groups in total. The van der Waals surface area contributed by atoms with Gasteiger partial charge < -0.3 is 4.42 Å². The summed E-state index contributed by atoms with van der Waals surface area (Å²) >= 11 is 0. The molecule has 182 valence electrons. The average molecular weight is 497 g/mol. The van der Waals surface area contributed by atoms with Crippen LogP contribution >= 0.6 is 0 Å². The van der Waals surface area contributed by atoms with Gasteiger partial charge in [-0.2, -0.15) is 0 Å². The third-order valence-corrected chi connectivity index (χ3v) is 7.86. The SMILES string of the molecule is c1ccc(-c2c3ccccc3c(-c3oc4ccc5ccccc5c4c3-c3ccccc3)c3ccccc23)cc1. The minimum atomic E-state index is 0.905. The molecule has 0 atom stereocenters. The molecule has 39 heavy (non-hydrogen) atoms. The van der Waals surface area contributed by atoms with E-state index >= 15 is 0 Å². The molecule has 0 aliphatic rings. The van der Waals surface area contributed by atoms with Crippen LogP contribution < -0.4 is 0 Å². The highest BCUT2D eigenvalue weighted by Crippen LogP contribution is 2.50. The highest BCUT2D eigenvalue weighted by molar-refractivity contribution is 6.24. The van der Waals surface area contributed by atoms with Crippen molar-refractivity contribution >= 4 is 43.3 Å². The molecule has 0 spiro atoms. The highest BCUT2D eigenvalue weighted by atomic mass is 16.3. The summed E-state index contributed by atoms with van der Waals surface area (Å²) in [6.07, 6.45) is 0. The van der Waals surface area contributed by atoms with Crippen molar-refractivity contribution in [2.24, 2.45) is 0 Å². The smallest absolute Gasteiger partial charge is 0.144 e. The Hall–Kier alpha value is -5.14. The van der Waals surface area contributed by atoms with Gasteiger partial charge in [0.2, 0.25) is 0 Å². The van der Waals surface area contributed by atoms with Crippen LogP contribution in [-0.2, 0) is 0 Å². The van der Waals surface area contributed by atoms with Crippen LogP contribution in [0.5, 0.6) is 0 Å². The molecule has 1 aromatic heterocycles. The largest absolute Gasteiger partial charge is 0.455 e.